The van der Waals surface area contributed by atoms with Crippen molar-refractivity contribution >= 4 is 5.91 Å². The smallest absolute Gasteiger partial charge is 0.227 e. The molecule has 0 bridgehead atoms. The number of fused-ring (bicyclic) bond motifs is 1. The van der Waals surface area contributed by atoms with E-state index in [0.717, 1.165) is 16.9 Å². The van der Waals surface area contributed by atoms with Gasteiger partial charge in [-0.2, -0.15) is 4.98 Å². The number of aryl methyl sites for hydroxylation is 1. The van der Waals surface area contributed by atoms with E-state index in [4.69, 9.17) is 14.0 Å². The highest BCUT2D eigenvalue weighted by molar-refractivity contribution is 5.77. The van der Waals surface area contributed by atoms with Crippen LogP contribution in [0, 0.1) is 0 Å². The second-order valence-electron chi connectivity index (χ2n) is 7.94. The molecule has 156 valence electrons. The fourth-order valence-corrected chi connectivity index (χ4v) is 3.71. The van der Waals surface area contributed by atoms with Gasteiger partial charge in [0.2, 0.25) is 17.6 Å². The summed E-state index contributed by atoms with van der Waals surface area (Å²) in [7, 11) is 1.60. The van der Waals surface area contributed by atoms with Crippen LogP contribution in [-0.2, 0) is 11.2 Å². The molecule has 7 heteroatoms. The summed E-state index contributed by atoms with van der Waals surface area (Å²) in [6.45, 7) is 4.06. The first kappa shape index (κ1) is 19.9. The number of amides is 1. The summed E-state index contributed by atoms with van der Waals surface area (Å²) in [5, 5.41) is 7.15. The lowest BCUT2D eigenvalue weighted by Crippen LogP contribution is -2.41. The molecule has 1 aliphatic heterocycles. The SMILES string of the molecule is COc1ccccc1-c1noc(CCC(=O)N[C@@H]2CC(C)(C)Oc3ccccc32)n1. The molecule has 1 aliphatic rings. The Labute approximate surface area is 175 Å². The van der Waals surface area contributed by atoms with Crippen LogP contribution in [0.3, 0.4) is 0 Å². The Bertz CT molecular complexity index is 1040. The normalized spacial score (nSPS) is 17.0. The first-order valence-electron chi connectivity index (χ1n) is 9.98. The van der Waals surface area contributed by atoms with E-state index in [1.165, 1.54) is 0 Å². The molecule has 1 amide bonds. The summed E-state index contributed by atoms with van der Waals surface area (Å²) in [6.07, 6.45) is 1.32. The van der Waals surface area contributed by atoms with Gasteiger partial charge in [-0.25, -0.2) is 0 Å². The molecule has 30 heavy (non-hydrogen) atoms. The summed E-state index contributed by atoms with van der Waals surface area (Å²) in [5.41, 5.74) is 1.41. The highest BCUT2D eigenvalue weighted by Crippen LogP contribution is 2.39. The van der Waals surface area contributed by atoms with Crippen LogP contribution in [0.5, 0.6) is 11.5 Å². The number of hydrogen-bond acceptors (Lipinski definition) is 6. The van der Waals surface area contributed by atoms with E-state index in [0.29, 0.717) is 30.3 Å². The van der Waals surface area contributed by atoms with Crippen LogP contribution < -0.4 is 14.8 Å². The van der Waals surface area contributed by atoms with E-state index in [-0.39, 0.29) is 24.0 Å². The van der Waals surface area contributed by atoms with E-state index >= 15 is 0 Å². The van der Waals surface area contributed by atoms with Gasteiger partial charge in [0.15, 0.2) is 0 Å². The lowest BCUT2D eigenvalue weighted by Gasteiger charge is -2.37. The number of carbonyl (C=O) groups is 1. The summed E-state index contributed by atoms with van der Waals surface area (Å²) in [5.74, 6) is 2.28. The summed E-state index contributed by atoms with van der Waals surface area (Å²) < 4.78 is 16.7. The van der Waals surface area contributed by atoms with Crippen molar-refractivity contribution in [2.75, 3.05) is 7.11 Å². The minimum Gasteiger partial charge on any atom is -0.496 e. The third-order valence-electron chi connectivity index (χ3n) is 5.09. The fraction of sp³-hybridized carbons (Fsp3) is 0.348. The number of hydrogen-bond donors (Lipinski definition) is 1. The van der Waals surface area contributed by atoms with Crippen molar-refractivity contribution in [3.63, 3.8) is 0 Å². The number of rotatable bonds is 6. The molecule has 0 unspecified atom stereocenters. The van der Waals surface area contributed by atoms with Crippen LogP contribution in [-0.4, -0.2) is 28.8 Å². The van der Waals surface area contributed by atoms with Crippen LogP contribution in [0.15, 0.2) is 53.1 Å². The molecule has 4 rings (SSSR count). The molecule has 0 spiro atoms. The van der Waals surface area contributed by atoms with Gasteiger partial charge in [0.25, 0.3) is 0 Å². The molecule has 3 aromatic rings. The molecule has 2 heterocycles. The van der Waals surface area contributed by atoms with E-state index in [1.807, 2.05) is 62.4 Å². The van der Waals surface area contributed by atoms with Gasteiger partial charge in [0.1, 0.15) is 17.1 Å². The van der Waals surface area contributed by atoms with Gasteiger partial charge in [0, 0.05) is 24.8 Å². The molecule has 1 aromatic heterocycles. The van der Waals surface area contributed by atoms with Gasteiger partial charge in [-0.05, 0) is 32.0 Å². The Hall–Kier alpha value is -3.35. The van der Waals surface area contributed by atoms with Crippen LogP contribution in [0.4, 0.5) is 0 Å². The summed E-state index contributed by atoms with van der Waals surface area (Å²) in [4.78, 5) is 17.0. The third-order valence-corrected chi connectivity index (χ3v) is 5.09. The predicted octanol–water partition coefficient (Wildman–Crippen LogP) is 4.10. The number of para-hydroxylation sites is 2. The predicted molar refractivity (Wildman–Crippen MR) is 111 cm³/mol. The number of nitrogens with one attached hydrogen (secondary N) is 1. The average Bonchev–Trinajstić information content (AvgIpc) is 3.20. The van der Waals surface area contributed by atoms with E-state index in [2.05, 4.69) is 15.5 Å². The first-order valence-corrected chi connectivity index (χ1v) is 9.98. The Morgan fingerprint density at radius 1 is 1.20 bits per heavy atom. The molecule has 0 saturated heterocycles. The largest absolute Gasteiger partial charge is 0.496 e. The molecule has 2 aromatic carbocycles. The maximum Gasteiger partial charge on any atom is 0.227 e. The van der Waals surface area contributed by atoms with Crippen LogP contribution in [0.2, 0.25) is 0 Å². The number of benzene rings is 2. The highest BCUT2D eigenvalue weighted by atomic mass is 16.5. The number of ether oxygens (including phenoxy) is 2. The number of nitrogens with zero attached hydrogens (tertiary/aromatic N) is 2. The quantitative estimate of drug-likeness (QED) is 0.662. The van der Waals surface area contributed by atoms with Crippen LogP contribution in [0.1, 0.15) is 44.2 Å². The second kappa shape index (κ2) is 8.18. The van der Waals surface area contributed by atoms with Crippen molar-refractivity contribution in [1.82, 2.24) is 15.5 Å². The maximum absolute atomic E-state index is 12.6. The zero-order chi connectivity index (χ0) is 21.1. The van der Waals surface area contributed by atoms with Gasteiger partial charge in [-0.1, -0.05) is 35.5 Å². The standard InChI is InChI=1S/C23H25N3O4/c1-23(2)14-17(15-8-4-7-11-19(15)29-23)24-20(27)12-13-21-25-22(26-30-21)16-9-5-6-10-18(16)28-3/h4-11,17H,12-14H2,1-3H3,(H,24,27)/t17-/m1/s1. The highest BCUT2D eigenvalue weighted by Gasteiger charge is 2.34. The molecule has 0 fully saturated rings. The molecule has 0 saturated carbocycles. The second-order valence-corrected chi connectivity index (χ2v) is 7.94. The Morgan fingerprint density at radius 3 is 2.80 bits per heavy atom. The van der Waals surface area contributed by atoms with Gasteiger partial charge < -0.3 is 19.3 Å². The topological polar surface area (TPSA) is 86.5 Å². The van der Waals surface area contributed by atoms with Crippen molar-refractivity contribution in [2.45, 2.75) is 44.8 Å². The lowest BCUT2D eigenvalue weighted by atomic mass is 9.89. The minimum absolute atomic E-state index is 0.0652. The van der Waals surface area contributed by atoms with Crippen molar-refractivity contribution in [1.29, 1.82) is 0 Å². The molecule has 0 aliphatic carbocycles. The van der Waals surface area contributed by atoms with E-state index in [9.17, 15) is 4.79 Å². The van der Waals surface area contributed by atoms with Gasteiger partial charge in [-0.3, -0.25) is 4.79 Å². The fourth-order valence-electron chi connectivity index (χ4n) is 3.71. The zero-order valence-electron chi connectivity index (χ0n) is 17.3. The van der Waals surface area contributed by atoms with Crippen LogP contribution >= 0.6 is 0 Å². The molecular weight excluding hydrogens is 382 g/mol. The Morgan fingerprint density at radius 2 is 1.97 bits per heavy atom. The molecule has 1 atom stereocenters. The van der Waals surface area contributed by atoms with Gasteiger partial charge in [-0.15, -0.1) is 0 Å². The number of aromatic nitrogens is 2. The summed E-state index contributed by atoms with van der Waals surface area (Å²) >= 11 is 0. The number of carbonyl (C=O) groups excluding carboxylic acids is 1. The van der Waals surface area contributed by atoms with Crippen molar-refractivity contribution < 1.29 is 18.8 Å². The van der Waals surface area contributed by atoms with Crippen LogP contribution in [0.25, 0.3) is 11.4 Å². The summed E-state index contributed by atoms with van der Waals surface area (Å²) in [6, 6.07) is 15.2. The van der Waals surface area contributed by atoms with Gasteiger partial charge >= 0.3 is 0 Å². The number of methoxy groups -OCH3 is 1. The van der Waals surface area contributed by atoms with Crippen molar-refractivity contribution in [2.24, 2.45) is 0 Å². The minimum atomic E-state index is -0.345. The van der Waals surface area contributed by atoms with Crippen molar-refractivity contribution in [3.05, 3.63) is 60.0 Å². The monoisotopic (exact) mass is 407 g/mol. The Kier molecular flexibility index (Phi) is 5.44. The first-order chi connectivity index (χ1) is 14.4. The molecule has 7 nitrogen and oxygen atoms in total. The lowest BCUT2D eigenvalue weighted by molar-refractivity contribution is -0.122. The molecule has 0 radical (unpaired) electrons. The van der Waals surface area contributed by atoms with E-state index < -0.39 is 0 Å². The maximum atomic E-state index is 12.6. The molecular formula is C23H25N3O4. The zero-order valence-corrected chi connectivity index (χ0v) is 17.3. The van der Waals surface area contributed by atoms with Crippen molar-refractivity contribution in [3.8, 4) is 22.9 Å². The molecule has 1 N–H and O–H groups in total. The Balaban J connectivity index is 1.40. The van der Waals surface area contributed by atoms with E-state index in [1.54, 1.807) is 7.11 Å². The average molecular weight is 407 g/mol. The van der Waals surface area contributed by atoms with Gasteiger partial charge in [0.05, 0.1) is 18.7 Å². The third kappa shape index (κ3) is 4.30.